The monoisotopic (exact) mass is 674 g/mol. The van der Waals surface area contributed by atoms with Crippen LogP contribution in [-0.4, -0.2) is 88.2 Å². The van der Waals surface area contributed by atoms with E-state index in [2.05, 4.69) is 13.2 Å². The number of hydrogen-bond acceptors (Lipinski definition) is 9. The molecule has 0 aromatic carbocycles. The molecule has 1 N–H and O–H groups in total. The first kappa shape index (κ1) is 37.4. The van der Waals surface area contributed by atoms with Gasteiger partial charge in [-0.05, 0) is 48.5 Å². The lowest BCUT2D eigenvalue weighted by atomic mass is 10.2. The second kappa shape index (κ2) is 14.8. The summed E-state index contributed by atoms with van der Waals surface area (Å²) in [6.45, 7) is 21.3. The zero-order valence-corrected chi connectivity index (χ0v) is 28.7. The molecule has 0 radical (unpaired) electrons. The number of carbonyl (C=O) groups excluding carboxylic acids is 3. The molecular weight excluding hydrogens is 628 g/mol. The maximum atomic E-state index is 12.6. The van der Waals surface area contributed by atoms with Crippen LogP contribution in [0.1, 0.15) is 80.8 Å². The second-order valence-corrected chi connectivity index (χ2v) is 13.1. The van der Waals surface area contributed by atoms with E-state index < -0.39 is 41.0 Å². The fourth-order valence-corrected chi connectivity index (χ4v) is 5.25. The van der Waals surface area contributed by atoms with Crippen LogP contribution in [0.5, 0.6) is 0 Å². The molecule has 2 aliphatic rings. The Kier molecular flexibility index (Phi) is 11.6. The minimum Gasteiger partial charge on any atom is -0.477 e. The summed E-state index contributed by atoms with van der Waals surface area (Å²) in [6.07, 6.45) is 2.01. The van der Waals surface area contributed by atoms with E-state index in [1.54, 1.807) is 54.5 Å². The summed E-state index contributed by atoms with van der Waals surface area (Å²) in [5.74, 6) is -1.79. The summed E-state index contributed by atoms with van der Waals surface area (Å²) >= 11 is 0. The highest BCUT2D eigenvalue weighted by molar-refractivity contribution is 5.89. The van der Waals surface area contributed by atoms with E-state index in [1.807, 2.05) is 0 Å². The van der Waals surface area contributed by atoms with Crippen LogP contribution in [0.2, 0.25) is 0 Å². The number of aromatic carboxylic acids is 1. The first-order chi connectivity index (χ1) is 22.3. The lowest BCUT2D eigenvalue weighted by Gasteiger charge is -2.30. The summed E-state index contributed by atoms with van der Waals surface area (Å²) < 4.78 is 21.2. The predicted octanol–water partition coefficient (Wildman–Crippen LogP) is 3.05. The Morgan fingerprint density at radius 1 is 0.729 bits per heavy atom. The van der Waals surface area contributed by atoms with E-state index in [-0.39, 0.29) is 56.4 Å². The molecule has 0 bridgehead atoms. The molecule has 2 aromatic rings. The van der Waals surface area contributed by atoms with E-state index >= 15 is 0 Å². The Morgan fingerprint density at radius 3 is 1.48 bits per heavy atom. The number of nitrogens with zero attached hydrogens (tertiary/aromatic N) is 6. The number of esters is 1. The van der Waals surface area contributed by atoms with E-state index in [9.17, 15) is 33.9 Å². The number of hydrogen-bond donors (Lipinski definition) is 1. The van der Waals surface area contributed by atoms with Crippen LogP contribution >= 0.6 is 0 Å². The molecule has 0 spiro atoms. The van der Waals surface area contributed by atoms with Crippen molar-refractivity contribution in [2.75, 3.05) is 19.7 Å². The van der Waals surface area contributed by atoms with Gasteiger partial charge in [0.25, 0.3) is 0 Å². The Balaban J connectivity index is 0.000000261. The number of amides is 2. The Hall–Kier alpha value is -5.02. The van der Waals surface area contributed by atoms with Crippen molar-refractivity contribution in [2.45, 2.75) is 98.9 Å². The van der Waals surface area contributed by atoms with Gasteiger partial charge < -0.3 is 29.1 Å². The van der Waals surface area contributed by atoms with Gasteiger partial charge in [0.05, 0.1) is 31.1 Å². The average molecular weight is 675 g/mol. The summed E-state index contributed by atoms with van der Waals surface area (Å²) in [7, 11) is 0. The normalized spacial score (nSPS) is 14.1. The molecule has 0 saturated heterocycles. The Labute approximate surface area is 278 Å². The van der Waals surface area contributed by atoms with Gasteiger partial charge in [-0.2, -0.15) is 0 Å². The molecule has 0 fully saturated rings. The smallest absolute Gasteiger partial charge is 0.410 e. The van der Waals surface area contributed by atoms with Crippen molar-refractivity contribution in [2.24, 2.45) is 0 Å². The van der Waals surface area contributed by atoms with Crippen LogP contribution in [0, 0.1) is 0 Å². The van der Waals surface area contributed by atoms with Gasteiger partial charge in [-0.1, -0.05) is 12.2 Å². The van der Waals surface area contributed by atoms with Gasteiger partial charge in [0.15, 0.2) is 11.4 Å². The van der Waals surface area contributed by atoms with Gasteiger partial charge in [0, 0.05) is 39.3 Å². The van der Waals surface area contributed by atoms with Crippen molar-refractivity contribution >= 4 is 24.1 Å². The van der Waals surface area contributed by atoms with Crippen molar-refractivity contribution in [3.8, 4) is 0 Å². The molecule has 4 rings (SSSR count). The van der Waals surface area contributed by atoms with Crippen LogP contribution in [-0.2, 0) is 53.5 Å². The molecule has 2 aromatic heterocycles. The van der Waals surface area contributed by atoms with Gasteiger partial charge in [-0.25, -0.2) is 28.8 Å². The second-order valence-electron chi connectivity index (χ2n) is 13.1. The standard InChI is InChI=1S/C17H25N3O5.C15H21N3O5/c1-6-8-20-13(14(21)24-7-2)12-11-18(9-10-19(12)15(20)22)16(23)25-17(3,4)5;1-5-6-18-11(12(19)20)10-9-16(7-8-17(10)13(18)21)14(22)23-15(2,3)4/h6H,1,7-11H2,2-5H3;5H,1,6-9H2,2-4H3,(H,19,20). The third kappa shape index (κ3) is 8.46. The van der Waals surface area contributed by atoms with Gasteiger partial charge in [0.1, 0.15) is 11.2 Å². The molecule has 16 heteroatoms. The number of aromatic nitrogens is 4. The maximum absolute atomic E-state index is 12.6. The third-order valence-electron chi connectivity index (χ3n) is 7.13. The number of rotatable bonds is 7. The fourth-order valence-electron chi connectivity index (χ4n) is 5.25. The molecular formula is C32H46N6O10. The van der Waals surface area contributed by atoms with Gasteiger partial charge >= 0.3 is 35.5 Å². The maximum Gasteiger partial charge on any atom is 0.410 e. The lowest BCUT2D eigenvalue weighted by Crippen LogP contribution is -2.43. The van der Waals surface area contributed by atoms with Crippen LogP contribution in [0.4, 0.5) is 9.59 Å². The summed E-state index contributed by atoms with van der Waals surface area (Å²) in [6, 6.07) is 0. The van der Waals surface area contributed by atoms with Crippen molar-refractivity contribution in [3.63, 3.8) is 0 Å². The number of fused-ring (bicyclic) bond motifs is 2. The van der Waals surface area contributed by atoms with Crippen LogP contribution in [0.3, 0.4) is 0 Å². The van der Waals surface area contributed by atoms with E-state index in [1.165, 1.54) is 29.6 Å². The fraction of sp³-hybridized carbons (Fsp3) is 0.562. The number of imidazole rings is 2. The van der Waals surface area contributed by atoms with E-state index in [0.29, 0.717) is 31.0 Å². The molecule has 0 unspecified atom stereocenters. The summed E-state index contributed by atoms with van der Waals surface area (Å²) in [5.41, 5.74) is -1.14. The summed E-state index contributed by atoms with van der Waals surface area (Å²) in [4.78, 5) is 76.2. The first-order valence-corrected chi connectivity index (χ1v) is 15.6. The quantitative estimate of drug-likeness (QED) is 0.261. The predicted molar refractivity (Wildman–Crippen MR) is 174 cm³/mol. The zero-order valence-electron chi connectivity index (χ0n) is 28.7. The zero-order chi connectivity index (χ0) is 36.1. The van der Waals surface area contributed by atoms with Crippen molar-refractivity contribution in [1.82, 2.24) is 28.1 Å². The Bertz CT molecular complexity index is 1700. The number of carboxylic acid groups (broad SMARTS) is 1. The van der Waals surface area contributed by atoms with Crippen LogP contribution in [0.15, 0.2) is 34.9 Å². The molecule has 48 heavy (non-hydrogen) atoms. The largest absolute Gasteiger partial charge is 0.477 e. The van der Waals surface area contributed by atoms with Crippen molar-refractivity contribution < 1.29 is 38.5 Å². The number of ether oxygens (including phenoxy) is 3. The molecule has 264 valence electrons. The number of allylic oxidation sites excluding steroid dienone is 2. The number of carbonyl (C=O) groups is 4. The molecule has 2 aliphatic heterocycles. The van der Waals surface area contributed by atoms with Gasteiger partial charge in [-0.15, -0.1) is 13.2 Å². The topological polar surface area (TPSA) is 177 Å². The highest BCUT2D eigenvalue weighted by Crippen LogP contribution is 2.21. The number of carboxylic acids is 1. The molecule has 2 amide bonds. The molecule has 16 nitrogen and oxygen atoms in total. The van der Waals surface area contributed by atoms with Crippen molar-refractivity contribution in [1.29, 1.82) is 0 Å². The first-order valence-electron chi connectivity index (χ1n) is 15.6. The molecule has 0 aliphatic carbocycles. The van der Waals surface area contributed by atoms with Crippen molar-refractivity contribution in [3.05, 3.63) is 69.1 Å². The van der Waals surface area contributed by atoms with Gasteiger partial charge in [-0.3, -0.25) is 18.3 Å². The average Bonchev–Trinajstić information content (AvgIpc) is 3.41. The van der Waals surface area contributed by atoms with Gasteiger partial charge in [0.2, 0.25) is 0 Å². The Morgan fingerprint density at radius 2 is 1.12 bits per heavy atom. The lowest BCUT2D eigenvalue weighted by molar-refractivity contribution is 0.0186. The van der Waals surface area contributed by atoms with Crippen LogP contribution < -0.4 is 11.4 Å². The highest BCUT2D eigenvalue weighted by Gasteiger charge is 2.34. The molecule has 4 heterocycles. The third-order valence-corrected chi connectivity index (χ3v) is 7.13. The van der Waals surface area contributed by atoms with E-state index in [4.69, 9.17) is 14.2 Å². The molecule has 0 atom stereocenters. The minimum atomic E-state index is -1.20. The molecule has 0 saturated carbocycles. The van der Waals surface area contributed by atoms with E-state index in [0.717, 1.165) is 4.57 Å². The van der Waals surface area contributed by atoms with Crippen LogP contribution in [0.25, 0.3) is 0 Å². The highest BCUT2D eigenvalue weighted by atomic mass is 16.6. The minimum absolute atomic E-state index is 0.0237. The SMILES string of the molecule is C=CCn1c(C(=O)O)c2n(c1=O)CCN(C(=O)OC(C)(C)C)C2.C=CCn1c(C(=O)OCC)c2n(c1=O)CCN(C(=O)OC(C)(C)C)C2. The summed E-state index contributed by atoms with van der Waals surface area (Å²) in [5, 5.41) is 9.43.